The normalized spacial score (nSPS) is 10.2. The Labute approximate surface area is 104 Å². The van der Waals surface area contributed by atoms with Crippen molar-refractivity contribution in [2.75, 3.05) is 14.2 Å². The average Bonchev–Trinajstić information content (AvgIpc) is 2.34. The zero-order chi connectivity index (χ0) is 13.7. The van der Waals surface area contributed by atoms with Crippen LogP contribution in [0.25, 0.3) is 0 Å². The summed E-state index contributed by atoms with van der Waals surface area (Å²) >= 11 is 0. The number of para-hydroxylation sites is 1. The second kappa shape index (κ2) is 5.90. The molecule has 6 heteroatoms. The molecular formula is C12H14O6. The average molecular weight is 254 g/mol. The molecule has 6 nitrogen and oxygen atoms in total. The molecule has 0 radical (unpaired) electrons. The van der Waals surface area contributed by atoms with E-state index in [-0.39, 0.29) is 6.42 Å². The minimum absolute atomic E-state index is 0.162. The molecule has 0 spiro atoms. The second-order valence-electron chi connectivity index (χ2n) is 3.59. The van der Waals surface area contributed by atoms with E-state index in [4.69, 9.17) is 19.7 Å². The van der Waals surface area contributed by atoms with Crippen LogP contribution >= 0.6 is 0 Å². The minimum Gasteiger partial charge on any atom is -0.493 e. The van der Waals surface area contributed by atoms with Gasteiger partial charge >= 0.3 is 11.9 Å². The summed E-state index contributed by atoms with van der Waals surface area (Å²) in [6, 6.07) is 4.91. The van der Waals surface area contributed by atoms with Crippen LogP contribution in [0.15, 0.2) is 18.2 Å². The number of carboxylic acids is 2. The fourth-order valence-electron chi connectivity index (χ4n) is 1.61. The molecule has 1 aromatic carbocycles. The number of aliphatic carboxylic acids is 2. The standard InChI is InChI=1S/C12H14O6/c1-17-9-5-3-4-7(10(9)18-2)6-8(11(13)14)12(15)16/h3-5,8H,6H2,1-2H3,(H,13,14)(H,15,16). The molecule has 98 valence electrons. The number of carboxylic acid groups (broad SMARTS) is 2. The first-order chi connectivity index (χ1) is 8.51. The molecule has 0 bridgehead atoms. The van der Waals surface area contributed by atoms with E-state index in [9.17, 15) is 9.59 Å². The molecule has 0 atom stereocenters. The number of benzene rings is 1. The van der Waals surface area contributed by atoms with Gasteiger partial charge in [-0.05, 0) is 11.6 Å². The maximum absolute atomic E-state index is 10.8. The van der Waals surface area contributed by atoms with Crippen molar-refractivity contribution in [3.63, 3.8) is 0 Å². The van der Waals surface area contributed by atoms with Gasteiger partial charge in [-0.1, -0.05) is 12.1 Å². The molecule has 1 aromatic rings. The van der Waals surface area contributed by atoms with Gasteiger partial charge in [0.2, 0.25) is 0 Å². The van der Waals surface area contributed by atoms with Crippen molar-refractivity contribution in [2.45, 2.75) is 6.42 Å². The summed E-state index contributed by atoms with van der Waals surface area (Å²) in [7, 11) is 2.87. The Bertz CT molecular complexity index is 440. The third-order valence-corrected chi connectivity index (χ3v) is 2.50. The monoisotopic (exact) mass is 254 g/mol. The van der Waals surface area contributed by atoms with E-state index in [0.29, 0.717) is 17.1 Å². The predicted octanol–water partition coefficient (Wildman–Crippen LogP) is 1.03. The molecule has 18 heavy (non-hydrogen) atoms. The summed E-state index contributed by atoms with van der Waals surface area (Å²) < 4.78 is 10.2. The third kappa shape index (κ3) is 2.91. The lowest BCUT2D eigenvalue weighted by Gasteiger charge is -2.14. The highest BCUT2D eigenvalue weighted by molar-refractivity contribution is 5.93. The maximum atomic E-state index is 10.8. The fourth-order valence-corrected chi connectivity index (χ4v) is 1.61. The van der Waals surface area contributed by atoms with Gasteiger partial charge in [-0.3, -0.25) is 9.59 Å². The number of rotatable bonds is 6. The van der Waals surface area contributed by atoms with Gasteiger partial charge in [-0.25, -0.2) is 0 Å². The lowest BCUT2D eigenvalue weighted by atomic mass is 9.98. The first kappa shape index (κ1) is 13.8. The zero-order valence-corrected chi connectivity index (χ0v) is 10.0. The van der Waals surface area contributed by atoms with E-state index in [1.165, 1.54) is 14.2 Å². The zero-order valence-electron chi connectivity index (χ0n) is 10.0. The highest BCUT2D eigenvalue weighted by Gasteiger charge is 2.27. The molecule has 0 unspecified atom stereocenters. The van der Waals surface area contributed by atoms with Crippen molar-refractivity contribution >= 4 is 11.9 Å². The van der Waals surface area contributed by atoms with Crippen LogP contribution < -0.4 is 9.47 Å². The van der Waals surface area contributed by atoms with Gasteiger partial charge in [0.15, 0.2) is 17.4 Å². The molecule has 1 rings (SSSR count). The van der Waals surface area contributed by atoms with Crippen LogP contribution in [-0.2, 0) is 16.0 Å². The van der Waals surface area contributed by atoms with E-state index in [1.807, 2.05) is 0 Å². The molecule has 2 N–H and O–H groups in total. The van der Waals surface area contributed by atoms with Crippen molar-refractivity contribution in [3.8, 4) is 11.5 Å². The Kier molecular flexibility index (Phi) is 4.53. The molecule has 0 aliphatic carbocycles. The van der Waals surface area contributed by atoms with Gasteiger partial charge < -0.3 is 19.7 Å². The van der Waals surface area contributed by atoms with E-state index in [1.54, 1.807) is 18.2 Å². The van der Waals surface area contributed by atoms with Crippen LogP contribution in [0.4, 0.5) is 0 Å². The Morgan fingerprint density at radius 1 is 1.17 bits per heavy atom. The molecule has 0 aliphatic rings. The van der Waals surface area contributed by atoms with Gasteiger partial charge in [0.1, 0.15) is 0 Å². The van der Waals surface area contributed by atoms with Crippen molar-refractivity contribution in [3.05, 3.63) is 23.8 Å². The van der Waals surface area contributed by atoms with E-state index >= 15 is 0 Å². The van der Waals surface area contributed by atoms with Crippen LogP contribution in [0.5, 0.6) is 11.5 Å². The first-order valence-corrected chi connectivity index (χ1v) is 5.16. The summed E-state index contributed by atoms with van der Waals surface area (Å²) in [5, 5.41) is 17.7. The molecular weight excluding hydrogens is 240 g/mol. The van der Waals surface area contributed by atoms with Crippen molar-refractivity contribution < 1.29 is 29.3 Å². The fraction of sp³-hybridized carbons (Fsp3) is 0.333. The Morgan fingerprint density at radius 3 is 2.22 bits per heavy atom. The van der Waals surface area contributed by atoms with Gasteiger partial charge in [0, 0.05) is 6.42 Å². The molecule has 0 aliphatic heterocycles. The molecule has 0 fully saturated rings. The number of hydrogen-bond donors (Lipinski definition) is 2. The third-order valence-electron chi connectivity index (χ3n) is 2.50. The van der Waals surface area contributed by atoms with Crippen LogP contribution in [0, 0.1) is 5.92 Å². The van der Waals surface area contributed by atoms with E-state index < -0.39 is 17.9 Å². The second-order valence-corrected chi connectivity index (χ2v) is 3.59. The van der Waals surface area contributed by atoms with Gasteiger partial charge in [-0.15, -0.1) is 0 Å². The van der Waals surface area contributed by atoms with Gasteiger partial charge in [0.25, 0.3) is 0 Å². The first-order valence-electron chi connectivity index (χ1n) is 5.16. The Hall–Kier alpha value is -2.24. The van der Waals surface area contributed by atoms with Crippen LogP contribution in [0.2, 0.25) is 0 Å². The van der Waals surface area contributed by atoms with E-state index in [2.05, 4.69) is 0 Å². The predicted molar refractivity (Wildman–Crippen MR) is 62.0 cm³/mol. The van der Waals surface area contributed by atoms with Crippen molar-refractivity contribution in [1.82, 2.24) is 0 Å². The van der Waals surface area contributed by atoms with E-state index in [0.717, 1.165) is 0 Å². The molecule has 0 saturated heterocycles. The lowest BCUT2D eigenvalue weighted by molar-refractivity contribution is -0.154. The largest absolute Gasteiger partial charge is 0.493 e. The van der Waals surface area contributed by atoms with Crippen LogP contribution in [-0.4, -0.2) is 36.4 Å². The smallest absolute Gasteiger partial charge is 0.318 e. The maximum Gasteiger partial charge on any atom is 0.318 e. The van der Waals surface area contributed by atoms with Crippen LogP contribution in [0.1, 0.15) is 5.56 Å². The van der Waals surface area contributed by atoms with Gasteiger partial charge in [-0.2, -0.15) is 0 Å². The number of ether oxygens (including phenoxy) is 2. The summed E-state index contributed by atoms with van der Waals surface area (Å²) in [4.78, 5) is 21.7. The van der Waals surface area contributed by atoms with Crippen LogP contribution in [0.3, 0.4) is 0 Å². The van der Waals surface area contributed by atoms with Gasteiger partial charge in [0.05, 0.1) is 14.2 Å². The highest BCUT2D eigenvalue weighted by atomic mass is 16.5. The minimum atomic E-state index is -1.51. The molecule has 0 saturated carbocycles. The molecule has 0 heterocycles. The Balaban J connectivity index is 3.09. The number of hydrogen-bond acceptors (Lipinski definition) is 4. The number of carbonyl (C=O) groups is 2. The lowest BCUT2D eigenvalue weighted by Crippen LogP contribution is -2.25. The summed E-state index contributed by atoms with van der Waals surface area (Å²) in [5.74, 6) is -3.48. The molecule has 0 amide bonds. The quantitative estimate of drug-likeness (QED) is 0.736. The Morgan fingerprint density at radius 2 is 1.78 bits per heavy atom. The highest BCUT2D eigenvalue weighted by Crippen LogP contribution is 2.32. The van der Waals surface area contributed by atoms with Crippen molar-refractivity contribution in [2.24, 2.45) is 5.92 Å². The summed E-state index contributed by atoms with van der Waals surface area (Å²) in [6.07, 6.45) is -0.162. The summed E-state index contributed by atoms with van der Waals surface area (Å²) in [5.41, 5.74) is 0.478. The topological polar surface area (TPSA) is 93.1 Å². The molecule has 0 aromatic heterocycles. The number of methoxy groups -OCH3 is 2. The SMILES string of the molecule is COc1cccc(CC(C(=O)O)C(=O)O)c1OC. The summed E-state index contributed by atoms with van der Waals surface area (Å²) in [6.45, 7) is 0. The van der Waals surface area contributed by atoms with Crippen molar-refractivity contribution in [1.29, 1.82) is 0 Å².